The molecule has 1 fully saturated rings. The van der Waals surface area contributed by atoms with Crippen LogP contribution in [-0.4, -0.2) is 48.3 Å². The van der Waals surface area contributed by atoms with Gasteiger partial charge in [-0.3, -0.25) is 4.98 Å². The van der Waals surface area contributed by atoms with Gasteiger partial charge in [0.2, 0.25) is 0 Å². The Balaban J connectivity index is 0.00000182. The molecule has 8 heteroatoms. The summed E-state index contributed by atoms with van der Waals surface area (Å²) in [7, 11) is 0. The van der Waals surface area contributed by atoms with Gasteiger partial charge in [0.15, 0.2) is 6.23 Å². The van der Waals surface area contributed by atoms with Crippen molar-refractivity contribution in [2.24, 2.45) is 0 Å². The number of benzene rings is 1. The Morgan fingerprint density at radius 1 is 1.15 bits per heavy atom. The third-order valence-electron chi connectivity index (χ3n) is 4.35. The topological polar surface area (TPSA) is 66.5 Å². The standard InChI is InChI=1S/C19H24N4O2.2ClH/c1-15(16-6-3-2-4-7-16)18(25-17-8-5-9-21-14-17)22-19(24)23-12-10-20-11-13-23;;/h2-9,14-15,18,20H,10-13H2,1H3,(H,22,24);2*1H/t15-,18?;;/m1../s1. The maximum atomic E-state index is 12.6. The average molecular weight is 413 g/mol. The average Bonchev–Trinajstić information content (AvgIpc) is 2.69. The van der Waals surface area contributed by atoms with Crippen molar-refractivity contribution < 1.29 is 9.53 Å². The molecule has 1 unspecified atom stereocenters. The molecule has 1 aliphatic heterocycles. The molecule has 0 bridgehead atoms. The van der Waals surface area contributed by atoms with E-state index in [0.29, 0.717) is 18.8 Å². The molecule has 0 radical (unpaired) electrons. The van der Waals surface area contributed by atoms with Gasteiger partial charge in [-0.1, -0.05) is 37.3 Å². The zero-order valence-corrected chi connectivity index (χ0v) is 16.8. The normalized spacial score (nSPS) is 15.5. The van der Waals surface area contributed by atoms with E-state index in [0.717, 1.165) is 18.7 Å². The highest BCUT2D eigenvalue weighted by Gasteiger charge is 2.26. The van der Waals surface area contributed by atoms with Crippen LogP contribution in [0.1, 0.15) is 18.4 Å². The van der Waals surface area contributed by atoms with Gasteiger partial charge in [-0.25, -0.2) is 4.79 Å². The summed E-state index contributed by atoms with van der Waals surface area (Å²) in [4.78, 5) is 18.5. The van der Waals surface area contributed by atoms with Crippen LogP contribution in [0, 0.1) is 0 Å². The Hall–Kier alpha value is -2.02. The SMILES string of the molecule is C[C@H](c1ccccc1)C(NC(=O)N1CCNCC1)Oc1cccnc1.Cl.Cl. The number of carbonyl (C=O) groups is 1. The molecule has 1 aliphatic rings. The van der Waals surface area contributed by atoms with Crippen LogP contribution in [0.5, 0.6) is 5.75 Å². The number of pyridine rings is 1. The monoisotopic (exact) mass is 412 g/mol. The molecule has 2 aromatic rings. The van der Waals surface area contributed by atoms with Crippen molar-refractivity contribution in [3.63, 3.8) is 0 Å². The number of amides is 2. The number of hydrogen-bond donors (Lipinski definition) is 2. The maximum Gasteiger partial charge on any atom is 0.320 e. The van der Waals surface area contributed by atoms with Gasteiger partial charge >= 0.3 is 6.03 Å². The number of rotatable bonds is 5. The van der Waals surface area contributed by atoms with E-state index >= 15 is 0 Å². The largest absolute Gasteiger partial charge is 0.468 e. The fraction of sp³-hybridized carbons (Fsp3) is 0.368. The van der Waals surface area contributed by atoms with E-state index in [1.54, 1.807) is 12.4 Å². The fourth-order valence-electron chi connectivity index (χ4n) is 2.83. The Morgan fingerprint density at radius 2 is 1.85 bits per heavy atom. The van der Waals surface area contributed by atoms with E-state index < -0.39 is 6.23 Å². The first-order valence-electron chi connectivity index (χ1n) is 8.62. The van der Waals surface area contributed by atoms with Crippen LogP contribution in [0.3, 0.4) is 0 Å². The second-order valence-corrected chi connectivity index (χ2v) is 6.11. The molecular formula is C19H26Cl2N4O2. The zero-order valence-electron chi connectivity index (χ0n) is 15.2. The van der Waals surface area contributed by atoms with Gasteiger partial charge in [0, 0.05) is 38.3 Å². The summed E-state index contributed by atoms with van der Waals surface area (Å²) >= 11 is 0. The summed E-state index contributed by atoms with van der Waals surface area (Å²) in [6.07, 6.45) is 2.87. The highest BCUT2D eigenvalue weighted by atomic mass is 35.5. The molecule has 6 nitrogen and oxygen atoms in total. The summed E-state index contributed by atoms with van der Waals surface area (Å²) in [5, 5.41) is 6.29. The van der Waals surface area contributed by atoms with E-state index in [-0.39, 0.29) is 36.8 Å². The van der Waals surface area contributed by atoms with Gasteiger partial charge in [-0.2, -0.15) is 0 Å². The van der Waals surface area contributed by atoms with Crippen molar-refractivity contribution in [1.29, 1.82) is 0 Å². The summed E-state index contributed by atoms with van der Waals surface area (Å²) in [6.45, 7) is 5.08. The predicted octanol–water partition coefficient (Wildman–Crippen LogP) is 3.05. The summed E-state index contributed by atoms with van der Waals surface area (Å²) in [5.74, 6) is 0.629. The fourth-order valence-corrected chi connectivity index (χ4v) is 2.83. The quantitative estimate of drug-likeness (QED) is 0.740. The lowest BCUT2D eigenvalue weighted by atomic mass is 9.99. The lowest BCUT2D eigenvalue weighted by Gasteiger charge is -2.32. The van der Waals surface area contributed by atoms with Gasteiger partial charge in [-0.15, -0.1) is 24.8 Å². The lowest BCUT2D eigenvalue weighted by Crippen LogP contribution is -2.54. The minimum atomic E-state index is -0.478. The molecule has 2 amide bonds. The van der Waals surface area contributed by atoms with Crippen LogP contribution in [0.15, 0.2) is 54.9 Å². The Bertz CT molecular complexity index is 670. The van der Waals surface area contributed by atoms with Crippen molar-refractivity contribution in [3.05, 3.63) is 60.4 Å². The molecule has 1 aromatic carbocycles. The summed E-state index contributed by atoms with van der Waals surface area (Å²) < 4.78 is 6.06. The predicted molar refractivity (Wildman–Crippen MR) is 111 cm³/mol. The number of ether oxygens (including phenoxy) is 1. The van der Waals surface area contributed by atoms with Gasteiger partial charge in [0.1, 0.15) is 5.75 Å². The van der Waals surface area contributed by atoms with Crippen molar-refractivity contribution >= 4 is 30.8 Å². The van der Waals surface area contributed by atoms with Crippen molar-refractivity contribution in [3.8, 4) is 5.75 Å². The molecule has 148 valence electrons. The van der Waals surface area contributed by atoms with Gasteiger partial charge in [-0.05, 0) is 17.7 Å². The third kappa shape index (κ3) is 6.57. The van der Waals surface area contributed by atoms with Crippen LogP contribution in [-0.2, 0) is 0 Å². The first-order chi connectivity index (χ1) is 12.2. The number of halogens is 2. The van der Waals surface area contributed by atoms with Crippen LogP contribution < -0.4 is 15.4 Å². The number of urea groups is 1. The zero-order chi connectivity index (χ0) is 17.5. The molecule has 0 aliphatic carbocycles. The Kier molecular flexibility index (Phi) is 9.93. The van der Waals surface area contributed by atoms with Crippen molar-refractivity contribution in [2.45, 2.75) is 19.1 Å². The van der Waals surface area contributed by atoms with E-state index in [1.165, 1.54) is 0 Å². The van der Waals surface area contributed by atoms with Crippen molar-refractivity contribution in [2.75, 3.05) is 26.2 Å². The first kappa shape index (κ1) is 23.0. The van der Waals surface area contributed by atoms with E-state index in [4.69, 9.17) is 4.74 Å². The van der Waals surface area contributed by atoms with Crippen LogP contribution in [0.2, 0.25) is 0 Å². The number of hydrogen-bond acceptors (Lipinski definition) is 4. The van der Waals surface area contributed by atoms with Crippen LogP contribution >= 0.6 is 24.8 Å². The van der Waals surface area contributed by atoms with Gasteiger partial charge in [0.25, 0.3) is 0 Å². The Morgan fingerprint density at radius 3 is 2.48 bits per heavy atom. The summed E-state index contributed by atoms with van der Waals surface area (Å²) in [6, 6.07) is 13.6. The number of aromatic nitrogens is 1. The third-order valence-corrected chi connectivity index (χ3v) is 4.35. The number of carbonyl (C=O) groups excluding carboxylic acids is 1. The minimum Gasteiger partial charge on any atom is -0.468 e. The maximum absolute atomic E-state index is 12.6. The summed E-state index contributed by atoms with van der Waals surface area (Å²) in [5.41, 5.74) is 1.11. The van der Waals surface area contributed by atoms with E-state index in [9.17, 15) is 4.79 Å². The van der Waals surface area contributed by atoms with E-state index in [2.05, 4.69) is 22.5 Å². The molecule has 1 aromatic heterocycles. The smallest absolute Gasteiger partial charge is 0.320 e. The molecule has 0 saturated carbocycles. The van der Waals surface area contributed by atoms with E-state index in [1.807, 2.05) is 47.4 Å². The number of piperazine rings is 1. The second-order valence-electron chi connectivity index (χ2n) is 6.11. The van der Waals surface area contributed by atoms with Crippen LogP contribution in [0.25, 0.3) is 0 Å². The molecule has 2 atom stereocenters. The number of nitrogens with one attached hydrogen (secondary N) is 2. The molecule has 2 heterocycles. The minimum absolute atomic E-state index is 0. The molecule has 3 rings (SSSR count). The van der Waals surface area contributed by atoms with Crippen LogP contribution in [0.4, 0.5) is 4.79 Å². The Labute approximate surface area is 172 Å². The highest BCUT2D eigenvalue weighted by Crippen LogP contribution is 2.22. The van der Waals surface area contributed by atoms with Crippen molar-refractivity contribution in [1.82, 2.24) is 20.5 Å². The molecule has 27 heavy (non-hydrogen) atoms. The first-order valence-corrected chi connectivity index (χ1v) is 8.62. The van der Waals surface area contributed by atoms with Gasteiger partial charge < -0.3 is 20.3 Å². The highest BCUT2D eigenvalue weighted by molar-refractivity contribution is 5.85. The molecule has 2 N–H and O–H groups in total. The number of nitrogens with zero attached hydrogens (tertiary/aromatic N) is 2. The van der Waals surface area contributed by atoms with Gasteiger partial charge in [0.05, 0.1) is 6.20 Å². The second kappa shape index (κ2) is 11.6. The molecule has 0 spiro atoms. The molecule has 1 saturated heterocycles. The lowest BCUT2D eigenvalue weighted by molar-refractivity contribution is 0.124. The molecular weight excluding hydrogens is 387 g/mol.